The van der Waals surface area contributed by atoms with Gasteiger partial charge in [0.25, 0.3) is 0 Å². The number of carboxylic acids is 1. The van der Waals surface area contributed by atoms with Gasteiger partial charge >= 0.3 is 12.1 Å². The van der Waals surface area contributed by atoms with Crippen LogP contribution in [-0.4, -0.2) is 65.7 Å². The number of hydrogen-bond donors (Lipinski definition) is 2. The van der Waals surface area contributed by atoms with Crippen LogP contribution in [0.15, 0.2) is 48.5 Å². The summed E-state index contributed by atoms with van der Waals surface area (Å²) >= 11 is 1.58. The Hall–Kier alpha value is -3.00. The number of hydrogen-bond acceptors (Lipinski definition) is 5. The summed E-state index contributed by atoms with van der Waals surface area (Å²) in [5.41, 5.74) is 3.66. The van der Waals surface area contributed by atoms with Crippen LogP contribution in [0, 0.1) is 5.41 Å². The van der Waals surface area contributed by atoms with E-state index in [2.05, 4.69) is 29.6 Å². The summed E-state index contributed by atoms with van der Waals surface area (Å²) in [6, 6.07) is 15.5. The molecule has 1 aliphatic heterocycles. The highest BCUT2D eigenvalue weighted by Gasteiger charge is 2.51. The van der Waals surface area contributed by atoms with Crippen LogP contribution in [0.3, 0.4) is 0 Å². The van der Waals surface area contributed by atoms with E-state index in [9.17, 15) is 19.5 Å². The van der Waals surface area contributed by atoms with Crippen molar-refractivity contribution < 1.29 is 24.2 Å². The SMILES string of the molecule is CCC1(C(=O)O)CN(C(=O)[C@H](CCSC)NC(=O)OCC2c3ccccc3-c3ccccc32)C1. The zero-order chi connectivity index (χ0) is 24.3. The van der Waals surface area contributed by atoms with Crippen LogP contribution in [0.4, 0.5) is 4.79 Å². The number of nitrogens with one attached hydrogen (secondary N) is 1. The zero-order valence-electron chi connectivity index (χ0n) is 19.5. The zero-order valence-corrected chi connectivity index (χ0v) is 20.3. The number of carbonyl (C=O) groups excluding carboxylic acids is 2. The van der Waals surface area contributed by atoms with Crippen molar-refractivity contribution >= 4 is 29.7 Å². The van der Waals surface area contributed by atoms with Crippen LogP contribution >= 0.6 is 11.8 Å². The molecule has 2 N–H and O–H groups in total. The number of carboxylic acid groups (broad SMARTS) is 1. The maximum absolute atomic E-state index is 13.0. The first-order chi connectivity index (χ1) is 16.4. The Bertz CT molecular complexity index is 1040. The first-order valence-corrected chi connectivity index (χ1v) is 12.9. The first kappa shape index (κ1) is 24.1. The molecule has 0 saturated carbocycles. The van der Waals surface area contributed by atoms with Gasteiger partial charge in [-0.1, -0.05) is 55.5 Å². The largest absolute Gasteiger partial charge is 0.481 e. The van der Waals surface area contributed by atoms with E-state index in [-0.39, 0.29) is 31.5 Å². The molecular weight excluding hydrogens is 452 g/mol. The molecule has 1 fully saturated rings. The van der Waals surface area contributed by atoms with Crippen LogP contribution in [0.1, 0.15) is 36.8 Å². The van der Waals surface area contributed by atoms with Gasteiger partial charge in [0.2, 0.25) is 5.91 Å². The number of thioether (sulfide) groups is 1. The molecule has 1 heterocycles. The third kappa shape index (κ3) is 4.51. The van der Waals surface area contributed by atoms with Crippen LogP contribution in [0.25, 0.3) is 11.1 Å². The predicted molar refractivity (Wildman–Crippen MR) is 132 cm³/mol. The smallest absolute Gasteiger partial charge is 0.407 e. The van der Waals surface area contributed by atoms with Crippen LogP contribution in [0.2, 0.25) is 0 Å². The molecule has 8 heteroatoms. The molecule has 2 aromatic carbocycles. The fourth-order valence-electron chi connectivity index (χ4n) is 4.85. The van der Waals surface area contributed by atoms with Crippen molar-refractivity contribution in [3.05, 3.63) is 59.7 Å². The summed E-state index contributed by atoms with van der Waals surface area (Å²) in [6.07, 6.45) is 2.21. The Kier molecular flexibility index (Phi) is 7.16. The first-order valence-electron chi connectivity index (χ1n) is 11.5. The van der Waals surface area contributed by atoms with Gasteiger partial charge in [-0.25, -0.2) is 4.79 Å². The summed E-state index contributed by atoms with van der Waals surface area (Å²) in [5, 5.41) is 12.2. The fraction of sp³-hybridized carbons (Fsp3) is 0.423. The van der Waals surface area contributed by atoms with Crippen LogP contribution < -0.4 is 5.32 Å². The average molecular weight is 483 g/mol. The van der Waals surface area contributed by atoms with Gasteiger partial charge in [0.1, 0.15) is 18.1 Å². The van der Waals surface area contributed by atoms with Gasteiger partial charge in [0, 0.05) is 19.0 Å². The molecule has 0 aromatic heterocycles. The molecule has 180 valence electrons. The third-order valence-electron chi connectivity index (χ3n) is 6.97. The minimum absolute atomic E-state index is 0.0605. The summed E-state index contributed by atoms with van der Waals surface area (Å²) in [5.74, 6) is -0.516. The highest BCUT2D eigenvalue weighted by atomic mass is 32.2. The van der Waals surface area contributed by atoms with Crippen molar-refractivity contribution in [2.45, 2.75) is 31.7 Å². The Balaban J connectivity index is 1.39. The molecule has 2 amide bonds. The van der Waals surface area contributed by atoms with Gasteiger partial charge in [0.05, 0.1) is 0 Å². The number of amides is 2. The molecule has 0 radical (unpaired) electrons. The number of aliphatic carboxylic acids is 1. The fourth-order valence-corrected chi connectivity index (χ4v) is 5.32. The predicted octanol–water partition coefficient (Wildman–Crippen LogP) is 3.97. The molecule has 1 atom stereocenters. The van der Waals surface area contributed by atoms with E-state index in [1.54, 1.807) is 11.8 Å². The topological polar surface area (TPSA) is 95.9 Å². The number of carbonyl (C=O) groups is 3. The number of fused-ring (bicyclic) bond motifs is 3. The van der Waals surface area contributed by atoms with Crippen molar-refractivity contribution in [3.8, 4) is 11.1 Å². The van der Waals surface area contributed by atoms with Gasteiger partial charge in [0.15, 0.2) is 0 Å². The maximum atomic E-state index is 13.0. The van der Waals surface area contributed by atoms with E-state index in [4.69, 9.17) is 4.74 Å². The summed E-state index contributed by atoms with van der Waals surface area (Å²) in [7, 11) is 0. The second-order valence-electron chi connectivity index (χ2n) is 8.94. The lowest BCUT2D eigenvalue weighted by Gasteiger charge is -2.47. The molecule has 4 rings (SSSR count). The van der Waals surface area contributed by atoms with Gasteiger partial charge in [-0.15, -0.1) is 0 Å². The lowest BCUT2D eigenvalue weighted by atomic mass is 9.77. The van der Waals surface area contributed by atoms with E-state index in [1.165, 1.54) is 4.90 Å². The quantitative estimate of drug-likeness (QED) is 0.562. The van der Waals surface area contributed by atoms with E-state index in [0.717, 1.165) is 22.3 Å². The van der Waals surface area contributed by atoms with Gasteiger partial charge in [-0.3, -0.25) is 9.59 Å². The standard InChI is InChI=1S/C26H30N2O5S/c1-3-26(24(30)31)15-28(16-26)23(29)22(12-13-34-2)27-25(32)33-14-21-19-10-6-4-8-17(19)18-9-5-7-11-20(18)21/h4-11,21-22H,3,12-16H2,1-2H3,(H,27,32)(H,30,31)/t22-/m0/s1. The minimum atomic E-state index is -0.885. The Labute approximate surface area is 203 Å². The molecule has 2 aliphatic rings. The number of nitrogens with zero attached hydrogens (tertiary/aromatic N) is 1. The van der Waals surface area contributed by atoms with Crippen molar-refractivity contribution in [3.63, 3.8) is 0 Å². The lowest BCUT2D eigenvalue weighted by molar-refractivity contribution is -0.167. The molecule has 0 unspecified atom stereocenters. The monoisotopic (exact) mass is 482 g/mol. The molecule has 0 spiro atoms. The lowest BCUT2D eigenvalue weighted by Crippen LogP contribution is -2.65. The minimum Gasteiger partial charge on any atom is -0.481 e. The highest BCUT2D eigenvalue weighted by molar-refractivity contribution is 7.98. The molecule has 0 bridgehead atoms. The normalized spacial score (nSPS) is 16.7. The molecular formula is C26H30N2O5S. The van der Waals surface area contributed by atoms with Crippen LogP contribution in [0.5, 0.6) is 0 Å². The highest BCUT2D eigenvalue weighted by Crippen LogP contribution is 2.44. The molecule has 1 aliphatic carbocycles. The number of benzene rings is 2. The van der Waals surface area contributed by atoms with Gasteiger partial charge < -0.3 is 20.1 Å². The summed E-state index contributed by atoms with van der Waals surface area (Å²) in [6.45, 7) is 2.32. The van der Waals surface area contributed by atoms with Crippen molar-refractivity contribution in [2.75, 3.05) is 31.7 Å². The van der Waals surface area contributed by atoms with Crippen molar-refractivity contribution in [1.82, 2.24) is 10.2 Å². The number of likely N-dealkylation sites (tertiary alicyclic amines) is 1. The van der Waals surface area contributed by atoms with E-state index in [1.807, 2.05) is 37.4 Å². The Morgan fingerprint density at radius 3 is 2.24 bits per heavy atom. The van der Waals surface area contributed by atoms with Gasteiger partial charge in [-0.05, 0) is 47.1 Å². The third-order valence-corrected chi connectivity index (χ3v) is 7.62. The molecule has 1 saturated heterocycles. The second kappa shape index (κ2) is 10.1. The summed E-state index contributed by atoms with van der Waals surface area (Å²) < 4.78 is 5.61. The number of ether oxygens (including phenoxy) is 1. The van der Waals surface area contributed by atoms with Crippen molar-refractivity contribution in [1.29, 1.82) is 0 Å². The van der Waals surface area contributed by atoms with Crippen LogP contribution in [-0.2, 0) is 14.3 Å². The van der Waals surface area contributed by atoms with E-state index < -0.39 is 23.5 Å². The molecule has 7 nitrogen and oxygen atoms in total. The Morgan fingerprint density at radius 2 is 1.71 bits per heavy atom. The number of rotatable bonds is 9. The second-order valence-corrected chi connectivity index (χ2v) is 9.92. The van der Waals surface area contributed by atoms with Gasteiger partial charge in [-0.2, -0.15) is 11.8 Å². The van der Waals surface area contributed by atoms with E-state index in [0.29, 0.717) is 18.6 Å². The van der Waals surface area contributed by atoms with Crippen molar-refractivity contribution in [2.24, 2.45) is 5.41 Å². The molecule has 2 aromatic rings. The molecule has 34 heavy (non-hydrogen) atoms. The average Bonchev–Trinajstić information content (AvgIpc) is 3.13. The number of alkyl carbamates (subject to hydrolysis) is 1. The maximum Gasteiger partial charge on any atom is 0.407 e. The summed E-state index contributed by atoms with van der Waals surface area (Å²) in [4.78, 5) is 38.8. The Morgan fingerprint density at radius 1 is 1.12 bits per heavy atom. The van der Waals surface area contributed by atoms with E-state index >= 15 is 0 Å².